The van der Waals surface area contributed by atoms with Gasteiger partial charge < -0.3 is 5.32 Å². The van der Waals surface area contributed by atoms with E-state index in [0.717, 1.165) is 0 Å². The summed E-state index contributed by atoms with van der Waals surface area (Å²) in [6.07, 6.45) is 0. The second-order valence-electron chi connectivity index (χ2n) is 4.35. The van der Waals surface area contributed by atoms with E-state index < -0.39 is 4.92 Å². The van der Waals surface area contributed by atoms with Crippen LogP contribution in [0.5, 0.6) is 0 Å². The summed E-state index contributed by atoms with van der Waals surface area (Å²) >= 11 is 5.98. The van der Waals surface area contributed by atoms with Gasteiger partial charge in [0.2, 0.25) is 0 Å². The number of halogens is 2. The fraction of sp³-hybridized carbons (Fsp3) is 0.143. The molecule has 0 heterocycles. The van der Waals surface area contributed by atoms with Gasteiger partial charge in [-0.3, -0.25) is 10.1 Å². The molecule has 0 unspecified atom stereocenters. The third-order valence-corrected chi connectivity index (χ3v) is 3.25. The van der Waals surface area contributed by atoms with Crippen LogP contribution in [0.15, 0.2) is 36.4 Å². The first kappa shape index (κ1) is 14.3. The van der Waals surface area contributed by atoms with Crippen LogP contribution >= 0.6 is 11.6 Å². The van der Waals surface area contributed by atoms with Crippen LogP contribution in [0.2, 0.25) is 5.02 Å². The van der Waals surface area contributed by atoms with Gasteiger partial charge in [0, 0.05) is 24.4 Å². The summed E-state index contributed by atoms with van der Waals surface area (Å²) in [5.41, 5.74) is 1.85. The van der Waals surface area contributed by atoms with Crippen LogP contribution < -0.4 is 5.32 Å². The van der Waals surface area contributed by atoms with Gasteiger partial charge in [-0.1, -0.05) is 17.7 Å². The number of nitrogens with zero attached hydrogens (tertiary/aromatic N) is 1. The molecule has 0 amide bonds. The van der Waals surface area contributed by atoms with Crippen LogP contribution in [-0.2, 0) is 6.54 Å². The lowest BCUT2D eigenvalue weighted by atomic mass is 10.2. The van der Waals surface area contributed by atoms with Crippen LogP contribution in [-0.4, -0.2) is 4.92 Å². The summed E-state index contributed by atoms with van der Waals surface area (Å²) in [5.74, 6) is -0.287. The van der Waals surface area contributed by atoms with Gasteiger partial charge in [0.05, 0.1) is 9.95 Å². The summed E-state index contributed by atoms with van der Waals surface area (Å²) < 4.78 is 13.4. The Morgan fingerprint density at radius 1 is 1.30 bits per heavy atom. The molecule has 0 saturated carbocycles. The van der Waals surface area contributed by atoms with Gasteiger partial charge in [-0.15, -0.1) is 0 Å². The first-order chi connectivity index (χ1) is 9.47. The number of hydrogen-bond donors (Lipinski definition) is 1. The standard InChI is InChI=1S/C14H12ClFN2O2/c1-9-2-4-11(6-14(9)16)17-8-10-3-5-12(18(19)20)7-13(10)15/h2-7,17H,8H2,1H3. The van der Waals surface area contributed by atoms with Gasteiger partial charge in [-0.2, -0.15) is 0 Å². The molecule has 2 aromatic rings. The zero-order valence-corrected chi connectivity index (χ0v) is 11.4. The Bertz CT molecular complexity index is 662. The van der Waals surface area contributed by atoms with Crippen LogP contribution in [0.1, 0.15) is 11.1 Å². The summed E-state index contributed by atoms with van der Waals surface area (Å²) in [4.78, 5) is 10.1. The number of anilines is 1. The molecule has 0 bridgehead atoms. The number of rotatable bonds is 4. The SMILES string of the molecule is Cc1ccc(NCc2ccc([N+](=O)[O-])cc2Cl)cc1F. The van der Waals surface area contributed by atoms with Crippen LogP contribution in [0.3, 0.4) is 0 Å². The molecule has 6 heteroatoms. The Hall–Kier alpha value is -2.14. The number of nitrogens with one attached hydrogen (secondary N) is 1. The molecule has 0 aliphatic rings. The smallest absolute Gasteiger partial charge is 0.270 e. The van der Waals surface area contributed by atoms with E-state index in [1.54, 1.807) is 25.1 Å². The van der Waals surface area contributed by atoms with E-state index in [2.05, 4.69) is 5.32 Å². The number of nitro groups is 1. The molecule has 0 saturated heterocycles. The van der Waals surface area contributed by atoms with Gasteiger partial charge in [0.1, 0.15) is 5.82 Å². The van der Waals surface area contributed by atoms with Crippen LogP contribution in [0, 0.1) is 22.9 Å². The van der Waals surface area contributed by atoms with E-state index in [-0.39, 0.29) is 11.5 Å². The minimum absolute atomic E-state index is 0.0554. The number of non-ortho nitro benzene ring substituents is 1. The minimum Gasteiger partial charge on any atom is -0.381 e. The van der Waals surface area contributed by atoms with E-state index in [9.17, 15) is 14.5 Å². The lowest BCUT2D eigenvalue weighted by Crippen LogP contribution is -2.01. The Balaban J connectivity index is 2.10. The first-order valence-corrected chi connectivity index (χ1v) is 6.28. The van der Waals surface area contributed by atoms with Crippen molar-refractivity contribution < 1.29 is 9.31 Å². The highest BCUT2D eigenvalue weighted by molar-refractivity contribution is 6.31. The number of hydrogen-bond acceptors (Lipinski definition) is 3. The Morgan fingerprint density at radius 2 is 2.05 bits per heavy atom. The third kappa shape index (κ3) is 3.24. The topological polar surface area (TPSA) is 55.2 Å². The van der Waals surface area contributed by atoms with Crippen molar-refractivity contribution in [2.45, 2.75) is 13.5 Å². The molecule has 0 atom stereocenters. The zero-order chi connectivity index (χ0) is 14.7. The van der Waals surface area contributed by atoms with Gasteiger partial charge in [-0.05, 0) is 36.2 Å². The maximum atomic E-state index is 13.4. The molecule has 0 aromatic heterocycles. The van der Waals surface area contributed by atoms with Gasteiger partial charge in [-0.25, -0.2) is 4.39 Å². The van der Waals surface area contributed by atoms with Gasteiger partial charge in [0.15, 0.2) is 0 Å². The fourth-order valence-corrected chi connectivity index (χ4v) is 1.93. The number of nitro benzene ring substituents is 1. The van der Waals surface area contributed by atoms with Crippen molar-refractivity contribution in [3.8, 4) is 0 Å². The monoisotopic (exact) mass is 294 g/mol. The predicted molar refractivity (Wildman–Crippen MR) is 76.6 cm³/mol. The third-order valence-electron chi connectivity index (χ3n) is 2.90. The second kappa shape index (κ2) is 5.88. The highest BCUT2D eigenvalue weighted by atomic mass is 35.5. The van der Waals surface area contributed by atoms with Crippen molar-refractivity contribution in [1.29, 1.82) is 0 Å². The summed E-state index contributed by atoms with van der Waals surface area (Å²) in [6.45, 7) is 2.05. The van der Waals surface area contributed by atoms with Crippen LogP contribution in [0.4, 0.5) is 15.8 Å². The molecule has 1 N–H and O–H groups in total. The van der Waals surface area contributed by atoms with Crippen molar-refractivity contribution in [3.63, 3.8) is 0 Å². The quantitative estimate of drug-likeness (QED) is 0.675. The maximum absolute atomic E-state index is 13.4. The Morgan fingerprint density at radius 3 is 2.65 bits per heavy atom. The Labute approximate surface area is 120 Å². The molecule has 104 valence electrons. The van der Waals surface area contributed by atoms with E-state index in [4.69, 9.17) is 11.6 Å². The molecular weight excluding hydrogens is 283 g/mol. The zero-order valence-electron chi connectivity index (χ0n) is 10.7. The molecule has 0 fully saturated rings. The van der Waals surface area contributed by atoms with Crippen molar-refractivity contribution in [2.75, 3.05) is 5.32 Å². The summed E-state index contributed by atoms with van der Waals surface area (Å²) in [6, 6.07) is 9.10. The first-order valence-electron chi connectivity index (χ1n) is 5.90. The molecule has 0 aliphatic heterocycles. The maximum Gasteiger partial charge on any atom is 0.270 e. The fourth-order valence-electron chi connectivity index (χ4n) is 1.69. The normalized spacial score (nSPS) is 10.3. The van der Waals surface area contributed by atoms with E-state index in [0.29, 0.717) is 28.4 Å². The van der Waals surface area contributed by atoms with Crippen molar-refractivity contribution in [2.24, 2.45) is 0 Å². The molecule has 0 aliphatic carbocycles. The van der Waals surface area contributed by atoms with Crippen molar-refractivity contribution >= 4 is 23.0 Å². The lowest BCUT2D eigenvalue weighted by molar-refractivity contribution is -0.384. The highest BCUT2D eigenvalue weighted by Crippen LogP contribution is 2.23. The lowest BCUT2D eigenvalue weighted by Gasteiger charge is -2.09. The molecular formula is C14H12ClFN2O2. The average molecular weight is 295 g/mol. The van der Waals surface area contributed by atoms with E-state index in [1.807, 2.05) is 0 Å². The predicted octanol–water partition coefficient (Wildman–Crippen LogP) is 4.31. The van der Waals surface area contributed by atoms with Crippen molar-refractivity contribution in [1.82, 2.24) is 0 Å². The molecule has 20 heavy (non-hydrogen) atoms. The number of aryl methyl sites for hydroxylation is 1. The van der Waals surface area contributed by atoms with E-state index in [1.165, 1.54) is 18.2 Å². The largest absolute Gasteiger partial charge is 0.381 e. The van der Waals surface area contributed by atoms with Crippen molar-refractivity contribution in [3.05, 3.63) is 68.5 Å². The van der Waals surface area contributed by atoms with E-state index >= 15 is 0 Å². The molecule has 4 nitrogen and oxygen atoms in total. The molecule has 0 spiro atoms. The molecule has 0 radical (unpaired) electrons. The van der Waals surface area contributed by atoms with Crippen LogP contribution in [0.25, 0.3) is 0 Å². The van der Waals surface area contributed by atoms with Gasteiger partial charge in [0.25, 0.3) is 5.69 Å². The number of benzene rings is 2. The Kier molecular flexibility index (Phi) is 4.20. The summed E-state index contributed by atoms with van der Waals surface area (Å²) in [7, 11) is 0. The van der Waals surface area contributed by atoms with Gasteiger partial charge >= 0.3 is 0 Å². The second-order valence-corrected chi connectivity index (χ2v) is 4.76. The average Bonchev–Trinajstić information content (AvgIpc) is 2.41. The molecule has 2 aromatic carbocycles. The minimum atomic E-state index is -0.502. The highest BCUT2D eigenvalue weighted by Gasteiger charge is 2.09. The summed E-state index contributed by atoms with van der Waals surface area (Å²) in [5, 5.41) is 13.9. The molecule has 2 rings (SSSR count).